The molecule has 6 heteroatoms. The summed E-state index contributed by atoms with van der Waals surface area (Å²) in [6.07, 6.45) is 2.64. The molecule has 78 valence electrons. The first-order valence-electron chi connectivity index (χ1n) is 4.22. The number of carbonyl (C=O) groups excluding carboxylic acids is 1. The van der Waals surface area contributed by atoms with Gasteiger partial charge in [-0.05, 0) is 6.92 Å². The molecule has 0 amide bonds. The second kappa shape index (κ2) is 5.27. The lowest BCUT2D eigenvalue weighted by Gasteiger charge is -2.06. The topological polar surface area (TPSA) is 75.9 Å². The van der Waals surface area contributed by atoms with Crippen LogP contribution < -0.4 is 0 Å². The van der Waals surface area contributed by atoms with E-state index in [4.69, 9.17) is 21.6 Å². The maximum absolute atomic E-state index is 11.3. The van der Waals surface area contributed by atoms with Crippen molar-refractivity contribution in [3.05, 3.63) is 23.2 Å². The second-order valence-electron chi connectivity index (χ2n) is 2.58. The third kappa shape index (κ3) is 2.89. The molecule has 0 aliphatic heterocycles. The minimum Gasteiger partial charge on any atom is -0.465 e. The normalized spacial score (nSPS) is 11.5. The summed E-state index contributed by atoms with van der Waals surface area (Å²) in [5.74, 6) is -1.72. The third-order valence-corrected chi connectivity index (χ3v) is 1.75. The highest BCUT2D eigenvalue weighted by molar-refractivity contribution is 6.29. The zero-order valence-electron chi connectivity index (χ0n) is 7.98. The second-order valence-corrected chi connectivity index (χ2v) is 2.97. The van der Waals surface area contributed by atoms with E-state index in [0.717, 1.165) is 0 Å². The van der Waals surface area contributed by atoms with Crippen LogP contribution in [-0.2, 0) is 9.53 Å². The van der Waals surface area contributed by atoms with E-state index in [1.54, 1.807) is 13.0 Å². The van der Waals surface area contributed by atoms with E-state index in [1.165, 1.54) is 12.4 Å². The monoisotopic (exact) mass is 225 g/mol. The molecule has 0 N–H and O–H groups in total. The molecular weight excluding hydrogens is 218 g/mol. The summed E-state index contributed by atoms with van der Waals surface area (Å²) in [5.41, 5.74) is 0.198. The molecule has 1 aromatic rings. The van der Waals surface area contributed by atoms with Crippen molar-refractivity contribution in [2.75, 3.05) is 6.61 Å². The van der Waals surface area contributed by atoms with Crippen molar-refractivity contribution >= 4 is 17.6 Å². The zero-order valence-corrected chi connectivity index (χ0v) is 8.73. The van der Waals surface area contributed by atoms with Crippen LogP contribution in [-0.4, -0.2) is 22.5 Å². The maximum Gasteiger partial charge on any atom is 0.329 e. The number of esters is 1. The van der Waals surface area contributed by atoms with Gasteiger partial charge in [-0.3, -0.25) is 9.78 Å². The zero-order chi connectivity index (χ0) is 11.3. The third-order valence-electron chi connectivity index (χ3n) is 1.57. The average molecular weight is 226 g/mol. The Labute approximate surface area is 91.7 Å². The van der Waals surface area contributed by atoms with Crippen molar-refractivity contribution in [1.82, 2.24) is 9.97 Å². The SMILES string of the molecule is CCOC(=O)C(C#N)c1cncc(Cl)n1. The van der Waals surface area contributed by atoms with Gasteiger partial charge in [0.1, 0.15) is 5.15 Å². The van der Waals surface area contributed by atoms with E-state index < -0.39 is 11.9 Å². The van der Waals surface area contributed by atoms with Crippen molar-refractivity contribution in [3.63, 3.8) is 0 Å². The Morgan fingerprint density at radius 3 is 3.00 bits per heavy atom. The fraction of sp³-hybridized carbons (Fsp3) is 0.333. The van der Waals surface area contributed by atoms with E-state index in [1.807, 2.05) is 0 Å². The van der Waals surface area contributed by atoms with Gasteiger partial charge in [0.05, 0.1) is 30.8 Å². The van der Waals surface area contributed by atoms with Gasteiger partial charge in [-0.25, -0.2) is 4.98 Å². The first-order valence-corrected chi connectivity index (χ1v) is 4.60. The number of nitrogens with zero attached hydrogens (tertiary/aromatic N) is 3. The van der Waals surface area contributed by atoms with Gasteiger partial charge in [-0.2, -0.15) is 5.26 Å². The fourth-order valence-corrected chi connectivity index (χ4v) is 1.11. The highest BCUT2D eigenvalue weighted by Gasteiger charge is 2.23. The van der Waals surface area contributed by atoms with Crippen LogP contribution in [0.5, 0.6) is 0 Å². The summed E-state index contributed by atoms with van der Waals surface area (Å²) in [7, 11) is 0. The van der Waals surface area contributed by atoms with Gasteiger partial charge in [0.15, 0.2) is 5.92 Å². The summed E-state index contributed by atoms with van der Waals surface area (Å²) in [5, 5.41) is 8.94. The molecule has 5 nitrogen and oxygen atoms in total. The Morgan fingerprint density at radius 2 is 2.47 bits per heavy atom. The van der Waals surface area contributed by atoms with Crippen molar-refractivity contribution in [3.8, 4) is 6.07 Å². The van der Waals surface area contributed by atoms with Crippen LogP contribution in [0.3, 0.4) is 0 Å². The summed E-state index contributed by atoms with van der Waals surface area (Å²) in [4.78, 5) is 18.9. The minimum absolute atomic E-state index is 0.136. The Kier molecular flexibility index (Phi) is 4.01. The molecule has 0 spiro atoms. The quantitative estimate of drug-likeness (QED) is 0.725. The van der Waals surface area contributed by atoms with Gasteiger partial charge in [0.2, 0.25) is 0 Å². The standard InChI is InChI=1S/C9H8ClN3O2/c1-2-15-9(14)6(3-11)7-4-12-5-8(10)13-7/h4-6H,2H2,1H3. The number of hydrogen-bond acceptors (Lipinski definition) is 5. The number of ether oxygens (including phenoxy) is 1. The van der Waals surface area contributed by atoms with Crippen LogP contribution >= 0.6 is 11.6 Å². The Balaban J connectivity index is 2.93. The number of rotatable bonds is 3. The van der Waals surface area contributed by atoms with Gasteiger partial charge < -0.3 is 4.74 Å². The lowest BCUT2D eigenvalue weighted by molar-refractivity contribution is -0.143. The summed E-state index contributed by atoms with van der Waals surface area (Å²) >= 11 is 5.59. The Morgan fingerprint density at radius 1 is 1.73 bits per heavy atom. The van der Waals surface area contributed by atoms with E-state index in [2.05, 4.69) is 9.97 Å². The Hall–Kier alpha value is -1.67. The molecule has 0 radical (unpaired) electrons. The molecule has 1 unspecified atom stereocenters. The van der Waals surface area contributed by atoms with Gasteiger partial charge in [-0.1, -0.05) is 11.6 Å². The predicted octanol–water partition coefficient (Wildman–Crippen LogP) is 1.30. The van der Waals surface area contributed by atoms with Gasteiger partial charge >= 0.3 is 5.97 Å². The predicted molar refractivity (Wildman–Crippen MR) is 52.0 cm³/mol. The molecule has 0 bridgehead atoms. The first-order chi connectivity index (χ1) is 7.19. The molecule has 0 saturated heterocycles. The molecule has 0 aliphatic rings. The first kappa shape index (κ1) is 11.4. The number of halogens is 1. The van der Waals surface area contributed by atoms with Crippen molar-refractivity contribution in [1.29, 1.82) is 5.26 Å². The molecular formula is C9H8ClN3O2. The van der Waals surface area contributed by atoms with E-state index >= 15 is 0 Å². The van der Waals surface area contributed by atoms with Crippen LogP contribution in [0.2, 0.25) is 5.15 Å². The van der Waals surface area contributed by atoms with Gasteiger partial charge in [0, 0.05) is 0 Å². The molecule has 15 heavy (non-hydrogen) atoms. The molecule has 0 aromatic carbocycles. The summed E-state index contributed by atoms with van der Waals surface area (Å²) in [6, 6.07) is 1.79. The molecule has 1 heterocycles. The van der Waals surface area contributed by atoms with Crippen LogP contribution in [0.15, 0.2) is 12.4 Å². The smallest absolute Gasteiger partial charge is 0.329 e. The minimum atomic E-state index is -1.07. The Bertz CT molecular complexity index is 403. The molecule has 0 aliphatic carbocycles. The molecule has 1 aromatic heterocycles. The largest absolute Gasteiger partial charge is 0.465 e. The van der Waals surface area contributed by atoms with Crippen molar-refractivity contribution in [2.24, 2.45) is 0 Å². The van der Waals surface area contributed by atoms with Crippen molar-refractivity contribution in [2.45, 2.75) is 12.8 Å². The highest BCUT2D eigenvalue weighted by atomic mass is 35.5. The highest BCUT2D eigenvalue weighted by Crippen LogP contribution is 2.15. The van der Waals surface area contributed by atoms with Crippen LogP contribution in [0.1, 0.15) is 18.5 Å². The van der Waals surface area contributed by atoms with E-state index in [-0.39, 0.29) is 17.5 Å². The molecule has 1 atom stereocenters. The van der Waals surface area contributed by atoms with Crippen molar-refractivity contribution < 1.29 is 9.53 Å². The number of aromatic nitrogens is 2. The molecule has 0 saturated carbocycles. The lowest BCUT2D eigenvalue weighted by Crippen LogP contribution is -2.15. The van der Waals surface area contributed by atoms with Gasteiger partial charge in [-0.15, -0.1) is 0 Å². The van der Waals surface area contributed by atoms with Crippen LogP contribution in [0, 0.1) is 11.3 Å². The average Bonchev–Trinajstić information content (AvgIpc) is 2.19. The number of nitriles is 1. The molecule has 1 rings (SSSR count). The number of hydrogen-bond donors (Lipinski definition) is 0. The van der Waals surface area contributed by atoms with E-state index in [0.29, 0.717) is 0 Å². The molecule has 0 fully saturated rings. The fourth-order valence-electron chi connectivity index (χ4n) is 0.960. The lowest BCUT2D eigenvalue weighted by atomic mass is 10.1. The van der Waals surface area contributed by atoms with E-state index in [9.17, 15) is 4.79 Å². The maximum atomic E-state index is 11.3. The van der Waals surface area contributed by atoms with Crippen LogP contribution in [0.25, 0.3) is 0 Å². The summed E-state index contributed by atoms with van der Waals surface area (Å²) in [6.45, 7) is 1.88. The number of carbonyl (C=O) groups is 1. The summed E-state index contributed by atoms with van der Waals surface area (Å²) < 4.78 is 4.72. The van der Waals surface area contributed by atoms with Crippen LogP contribution in [0.4, 0.5) is 0 Å². The van der Waals surface area contributed by atoms with Gasteiger partial charge in [0.25, 0.3) is 0 Å².